The van der Waals surface area contributed by atoms with E-state index in [4.69, 9.17) is 0 Å². The molecule has 0 aromatic heterocycles. The summed E-state index contributed by atoms with van der Waals surface area (Å²) in [6.07, 6.45) is 7.12. The van der Waals surface area contributed by atoms with Gasteiger partial charge in [0.25, 0.3) is 0 Å². The van der Waals surface area contributed by atoms with Crippen molar-refractivity contribution in [3.05, 3.63) is 0 Å². The predicted molar refractivity (Wildman–Crippen MR) is 85.0 cm³/mol. The zero-order valence-corrected chi connectivity index (χ0v) is 13.8. The molecule has 0 radical (unpaired) electrons. The first-order valence-corrected chi connectivity index (χ1v) is 8.77. The third kappa shape index (κ3) is 2.77. The summed E-state index contributed by atoms with van der Waals surface area (Å²) in [5, 5.41) is 3.69. The number of fused-ring (bicyclic) bond motifs is 2. The highest BCUT2D eigenvalue weighted by molar-refractivity contribution is 4.98. The molecule has 116 valence electrons. The fraction of sp³-hybridized carbons (Fsp3) is 1.00. The summed E-state index contributed by atoms with van der Waals surface area (Å²) >= 11 is 0. The lowest BCUT2D eigenvalue weighted by atomic mass is 9.80. The SMILES string of the molecule is CC1CN(C2CC3CCCC(C2)N3C)C(C(C)C)CN1. The molecule has 3 heteroatoms. The molecule has 3 rings (SSSR count). The molecule has 3 saturated heterocycles. The van der Waals surface area contributed by atoms with E-state index < -0.39 is 0 Å². The summed E-state index contributed by atoms with van der Waals surface area (Å²) in [7, 11) is 2.37. The van der Waals surface area contributed by atoms with Gasteiger partial charge in [0.2, 0.25) is 0 Å². The van der Waals surface area contributed by atoms with E-state index >= 15 is 0 Å². The maximum atomic E-state index is 3.69. The number of hydrogen-bond donors (Lipinski definition) is 1. The minimum Gasteiger partial charge on any atom is -0.311 e. The Morgan fingerprint density at radius 2 is 1.70 bits per heavy atom. The first kappa shape index (κ1) is 14.8. The number of nitrogens with zero attached hydrogens (tertiary/aromatic N) is 2. The molecule has 3 nitrogen and oxygen atoms in total. The number of nitrogens with one attached hydrogen (secondary N) is 1. The highest BCUT2D eigenvalue weighted by Crippen LogP contribution is 2.36. The van der Waals surface area contributed by atoms with Crippen LogP contribution >= 0.6 is 0 Å². The maximum absolute atomic E-state index is 3.69. The molecular formula is C17H33N3. The van der Waals surface area contributed by atoms with Crippen molar-refractivity contribution in [3.63, 3.8) is 0 Å². The highest BCUT2D eigenvalue weighted by atomic mass is 15.3. The second-order valence-electron chi connectivity index (χ2n) is 7.85. The standard InChI is InChI=1S/C17H33N3/c1-12(2)17-10-18-13(3)11-20(17)16-8-14-6-5-7-15(9-16)19(14)4/h12-18H,5-11H2,1-4H3. The van der Waals surface area contributed by atoms with Crippen molar-refractivity contribution < 1.29 is 0 Å². The number of rotatable bonds is 2. The monoisotopic (exact) mass is 279 g/mol. The van der Waals surface area contributed by atoms with Crippen molar-refractivity contribution in [1.29, 1.82) is 0 Å². The third-order valence-electron chi connectivity index (χ3n) is 6.14. The zero-order chi connectivity index (χ0) is 14.3. The first-order chi connectivity index (χ1) is 9.56. The van der Waals surface area contributed by atoms with Crippen LogP contribution in [0.2, 0.25) is 0 Å². The lowest BCUT2D eigenvalue weighted by Gasteiger charge is -2.53. The summed E-state index contributed by atoms with van der Waals surface area (Å²) in [5.41, 5.74) is 0. The zero-order valence-electron chi connectivity index (χ0n) is 13.8. The normalized spacial score (nSPS) is 44.0. The minimum atomic E-state index is 0.657. The molecule has 3 aliphatic rings. The first-order valence-electron chi connectivity index (χ1n) is 8.77. The van der Waals surface area contributed by atoms with Crippen LogP contribution in [0.15, 0.2) is 0 Å². The van der Waals surface area contributed by atoms with Gasteiger partial charge in [-0.25, -0.2) is 0 Å². The maximum Gasteiger partial charge on any atom is 0.0247 e. The topological polar surface area (TPSA) is 18.5 Å². The van der Waals surface area contributed by atoms with Crippen molar-refractivity contribution in [3.8, 4) is 0 Å². The van der Waals surface area contributed by atoms with Crippen molar-refractivity contribution in [2.24, 2.45) is 5.92 Å². The molecule has 4 unspecified atom stereocenters. The molecule has 4 atom stereocenters. The molecule has 20 heavy (non-hydrogen) atoms. The summed E-state index contributed by atoms with van der Waals surface area (Å²) in [5.74, 6) is 0.759. The van der Waals surface area contributed by atoms with Crippen LogP contribution in [0.4, 0.5) is 0 Å². The average Bonchev–Trinajstić information content (AvgIpc) is 2.37. The Morgan fingerprint density at radius 1 is 1.05 bits per heavy atom. The Bertz CT molecular complexity index is 316. The van der Waals surface area contributed by atoms with E-state index in [1.807, 2.05) is 0 Å². The van der Waals surface area contributed by atoms with Gasteiger partial charge in [-0.15, -0.1) is 0 Å². The summed E-state index contributed by atoms with van der Waals surface area (Å²) < 4.78 is 0. The Balaban J connectivity index is 1.73. The van der Waals surface area contributed by atoms with Gasteiger partial charge in [-0.2, -0.15) is 0 Å². The van der Waals surface area contributed by atoms with Crippen molar-refractivity contribution in [2.75, 3.05) is 20.1 Å². The van der Waals surface area contributed by atoms with E-state index in [2.05, 4.69) is 42.9 Å². The molecule has 3 heterocycles. The number of piperidine rings is 2. The fourth-order valence-corrected chi connectivity index (χ4v) is 4.85. The molecule has 3 aliphatic heterocycles. The summed E-state index contributed by atoms with van der Waals surface area (Å²) in [6, 6.07) is 3.93. The van der Waals surface area contributed by atoms with Crippen molar-refractivity contribution in [1.82, 2.24) is 15.1 Å². The third-order valence-corrected chi connectivity index (χ3v) is 6.14. The molecule has 3 fully saturated rings. The highest BCUT2D eigenvalue weighted by Gasteiger charge is 2.41. The van der Waals surface area contributed by atoms with Crippen LogP contribution in [0.25, 0.3) is 0 Å². The van der Waals surface area contributed by atoms with Gasteiger partial charge in [0.15, 0.2) is 0 Å². The van der Waals surface area contributed by atoms with Gasteiger partial charge in [-0.05, 0) is 45.6 Å². The predicted octanol–water partition coefficient (Wildman–Crippen LogP) is 2.32. The van der Waals surface area contributed by atoms with Crippen molar-refractivity contribution >= 4 is 0 Å². The Kier molecular flexibility index (Phi) is 4.40. The summed E-state index contributed by atoms with van der Waals surface area (Å²) in [6.45, 7) is 9.56. The van der Waals surface area contributed by atoms with Crippen LogP contribution in [-0.4, -0.2) is 60.1 Å². The van der Waals surface area contributed by atoms with Crippen LogP contribution in [0.5, 0.6) is 0 Å². The van der Waals surface area contributed by atoms with E-state index in [-0.39, 0.29) is 0 Å². The van der Waals surface area contributed by atoms with Crippen LogP contribution in [0.3, 0.4) is 0 Å². The molecule has 0 spiro atoms. The van der Waals surface area contributed by atoms with Gasteiger partial charge in [-0.3, -0.25) is 4.90 Å². The lowest BCUT2D eigenvalue weighted by Crippen LogP contribution is -2.64. The molecule has 1 N–H and O–H groups in total. The molecule has 0 aromatic rings. The lowest BCUT2D eigenvalue weighted by molar-refractivity contribution is -0.0263. The van der Waals surface area contributed by atoms with E-state index in [1.54, 1.807) is 0 Å². The van der Waals surface area contributed by atoms with E-state index in [0.29, 0.717) is 6.04 Å². The van der Waals surface area contributed by atoms with E-state index in [1.165, 1.54) is 45.2 Å². The second-order valence-corrected chi connectivity index (χ2v) is 7.85. The molecular weight excluding hydrogens is 246 g/mol. The van der Waals surface area contributed by atoms with Gasteiger partial charge in [0, 0.05) is 43.3 Å². The van der Waals surface area contributed by atoms with E-state index in [0.717, 1.165) is 30.1 Å². The molecule has 0 saturated carbocycles. The van der Waals surface area contributed by atoms with Crippen molar-refractivity contribution in [2.45, 2.75) is 83.1 Å². The van der Waals surface area contributed by atoms with E-state index in [9.17, 15) is 0 Å². The Hall–Kier alpha value is -0.120. The number of hydrogen-bond acceptors (Lipinski definition) is 3. The average molecular weight is 279 g/mol. The van der Waals surface area contributed by atoms with Crippen LogP contribution in [0.1, 0.15) is 52.9 Å². The van der Waals surface area contributed by atoms with Gasteiger partial charge < -0.3 is 10.2 Å². The minimum absolute atomic E-state index is 0.657. The van der Waals surface area contributed by atoms with Crippen LogP contribution < -0.4 is 5.32 Å². The van der Waals surface area contributed by atoms with Gasteiger partial charge in [-0.1, -0.05) is 20.3 Å². The Morgan fingerprint density at radius 3 is 2.30 bits per heavy atom. The molecule has 0 aromatic carbocycles. The largest absolute Gasteiger partial charge is 0.311 e. The fourth-order valence-electron chi connectivity index (χ4n) is 4.85. The molecule has 0 aliphatic carbocycles. The van der Waals surface area contributed by atoms with Gasteiger partial charge in [0.05, 0.1) is 0 Å². The van der Waals surface area contributed by atoms with Gasteiger partial charge in [0.1, 0.15) is 0 Å². The number of piperazine rings is 1. The molecule has 2 bridgehead atoms. The van der Waals surface area contributed by atoms with Crippen LogP contribution in [-0.2, 0) is 0 Å². The smallest absolute Gasteiger partial charge is 0.0247 e. The van der Waals surface area contributed by atoms with Gasteiger partial charge >= 0.3 is 0 Å². The Labute approximate surface area is 125 Å². The van der Waals surface area contributed by atoms with Crippen LogP contribution in [0, 0.1) is 5.92 Å². The second kappa shape index (κ2) is 5.94. The summed E-state index contributed by atoms with van der Waals surface area (Å²) in [4.78, 5) is 5.57. The quantitative estimate of drug-likeness (QED) is 0.837. The molecule has 0 amide bonds.